The third-order valence-corrected chi connectivity index (χ3v) is 2.38. The van der Waals surface area contributed by atoms with E-state index >= 15 is 0 Å². The minimum Gasteiger partial charge on any atom is -0.461 e. The van der Waals surface area contributed by atoms with Gasteiger partial charge in [-0.1, -0.05) is 0 Å². The van der Waals surface area contributed by atoms with Crippen LogP contribution in [0.25, 0.3) is 0 Å². The number of hydrogen-bond donors (Lipinski definition) is 1. The van der Waals surface area contributed by atoms with Gasteiger partial charge in [-0.25, -0.2) is 14.2 Å². The van der Waals surface area contributed by atoms with Crippen molar-refractivity contribution in [1.29, 1.82) is 0 Å². The van der Waals surface area contributed by atoms with Gasteiger partial charge in [0.05, 0.1) is 18.5 Å². The fraction of sp³-hybridized carbons (Fsp3) is 0.143. The quantitative estimate of drug-likeness (QED) is 0.858. The van der Waals surface area contributed by atoms with Crippen LogP contribution in [0.4, 0.5) is 15.8 Å². The number of nitrogens with one attached hydrogen (secondary N) is 1. The Kier molecular flexibility index (Phi) is 4.07. The molecular weight excluding hydrogens is 247 g/mol. The second-order valence-corrected chi connectivity index (χ2v) is 3.78. The van der Waals surface area contributed by atoms with E-state index in [4.69, 9.17) is 4.74 Å². The summed E-state index contributed by atoms with van der Waals surface area (Å²) in [5, 5.41) is 3.05. The van der Waals surface area contributed by atoms with Gasteiger partial charge >= 0.3 is 5.97 Å². The lowest BCUT2D eigenvalue weighted by atomic mass is 10.3. The van der Waals surface area contributed by atoms with Crippen LogP contribution in [-0.4, -0.2) is 17.6 Å². The van der Waals surface area contributed by atoms with Crippen LogP contribution in [0.2, 0.25) is 0 Å². The minimum absolute atomic E-state index is 0.256. The van der Waals surface area contributed by atoms with E-state index in [1.54, 1.807) is 31.2 Å². The van der Waals surface area contributed by atoms with Crippen molar-refractivity contribution in [3.63, 3.8) is 0 Å². The zero-order valence-corrected chi connectivity index (χ0v) is 10.4. The minimum atomic E-state index is -0.448. The van der Waals surface area contributed by atoms with Crippen LogP contribution in [0, 0.1) is 5.82 Å². The number of nitrogens with zero attached hydrogens (tertiary/aromatic N) is 1. The molecule has 0 unspecified atom stereocenters. The highest BCUT2D eigenvalue weighted by Gasteiger charge is 2.07. The number of benzene rings is 1. The second-order valence-electron chi connectivity index (χ2n) is 3.78. The molecule has 0 spiro atoms. The average Bonchev–Trinajstić information content (AvgIpc) is 2.42. The Hall–Kier alpha value is -2.43. The zero-order valence-electron chi connectivity index (χ0n) is 10.4. The Morgan fingerprint density at radius 1 is 1.21 bits per heavy atom. The molecule has 5 heteroatoms. The molecule has 0 bridgehead atoms. The third kappa shape index (κ3) is 3.51. The van der Waals surface area contributed by atoms with Crippen molar-refractivity contribution >= 4 is 17.3 Å². The maximum absolute atomic E-state index is 12.7. The van der Waals surface area contributed by atoms with E-state index in [2.05, 4.69) is 10.3 Å². The van der Waals surface area contributed by atoms with Gasteiger partial charge < -0.3 is 10.1 Å². The second kappa shape index (κ2) is 5.95. The standard InChI is InChI=1S/C14H13FN2O2/c1-2-19-14(18)13-8-7-12(9-16-13)17-11-5-3-10(15)4-6-11/h3-9,17H,2H2,1H3. The Balaban J connectivity index is 2.06. The Morgan fingerprint density at radius 3 is 2.47 bits per heavy atom. The van der Waals surface area contributed by atoms with Crippen molar-refractivity contribution in [2.75, 3.05) is 11.9 Å². The Bertz CT molecular complexity index is 553. The van der Waals surface area contributed by atoms with E-state index in [0.29, 0.717) is 12.3 Å². The highest BCUT2D eigenvalue weighted by atomic mass is 19.1. The number of carbonyl (C=O) groups is 1. The predicted octanol–water partition coefficient (Wildman–Crippen LogP) is 3.14. The van der Waals surface area contributed by atoms with Gasteiger partial charge in [-0.3, -0.25) is 0 Å². The van der Waals surface area contributed by atoms with E-state index in [1.807, 2.05) is 0 Å². The molecule has 2 rings (SSSR count). The summed E-state index contributed by atoms with van der Waals surface area (Å²) in [4.78, 5) is 15.4. The molecule has 0 aliphatic heterocycles. The van der Waals surface area contributed by atoms with E-state index in [1.165, 1.54) is 18.3 Å². The summed E-state index contributed by atoms with van der Waals surface area (Å²) in [7, 11) is 0. The van der Waals surface area contributed by atoms with Crippen molar-refractivity contribution in [2.24, 2.45) is 0 Å². The lowest BCUT2D eigenvalue weighted by molar-refractivity contribution is 0.0519. The fourth-order valence-corrected chi connectivity index (χ4v) is 1.49. The molecule has 19 heavy (non-hydrogen) atoms. The topological polar surface area (TPSA) is 51.2 Å². The first-order valence-electron chi connectivity index (χ1n) is 5.85. The molecule has 0 amide bonds. The van der Waals surface area contributed by atoms with E-state index < -0.39 is 5.97 Å². The van der Waals surface area contributed by atoms with Crippen LogP contribution in [0.3, 0.4) is 0 Å². The van der Waals surface area contributed by atoms with Gasteiger partial charge in [-0.05, 0) is 43.3 Å². The van der Waals surface area contributed by atoms with E-state index in [9.17, 15) is 9.18 Å². The number of aromatic nitrogens is 1. The van der Waals surface area contributed by atoms with Crippen molar-refractivity contribution in [1.82, 2.24) is 4.98 Å². The van der Waals surface area contributed by atoms with Gasteiger partial charge in [0, 0.05) is 5.69 Å². The number of anilines is 2. The molecule has 0 atom stereocenters. The number of hydrogen-bond acceptors (Lipinski definition) is 4. The van der Waals surface area contributed by atoms with Crippen LogP contribution in [0.1, 0.15) is 17.4 Å². The number of esters is 1. The monoisotopic (exact) mass is 260 g/mol. The molecule has 1 aromatic heterocycles. The SMILES string of the molecule is CCOC(=O)c1ccc(Nc2ccc(F)cc2)cn1. The predicted molar refractivity (Wildman–Crippen MR) is 69.9 cm³/mol. The highest BCUT2D eigenvalue weighted by Crippen LogP contribution is 2.16. The first-order chi connectivity index (χ1) is 9.19. The molecule has 0 saturated heterocycles. The van der Waals surface area contributed by atoms with Gasteiger partial charge in [0.1, 0.15) is 11.5 Å². The van der Waals surface area contributed by atoms with Gasteiger partial charge in [0.25, 0.3) is 0 Å². The first kappa shape index (κ1) is 13.0. The lowest BCUT2D eigenvalue weighted by Crippen LogP contribution is -2.06. The van der Waals surface area contributed by atoms with Crippen LogP contribution < -0.4 is 5.32 Å². The van der Waals surface area contributed by atoms with Gasteiger partial charge in [0.2, 0.25) is 0 Å². The number of ether oxygens (including phenoxy) is 1. The molecule has 1 N–H and O–H groups in total. The Morgan fingerprint density at radius 2 is 1.89 bits per heavy atom. The summed E-state index contributed by atoms with van der Waals surface area (Å²) in [5.74, 6) is -0.739. The highest BCUT2D eigenvalue weighted by molar-refractivity contribution is 5.87. The summed E-state index contributed by atoms with van der Waals surface area (Å²) >= 11 is 0. The number of rotatable bonds is 4. The van der Waals surface area contributed by atoms with Crippen LogP contribution in [0.5, 0.6) is 0 Å². The number of pyridine rings is 1. The molecule has 0 fully saturated rings. The molecule has 0 radical (unpaired) electrons. The number of halogens is 1. The maximum atomic E-state index is 12.7. The molecule has 1 aromatic carbocycles. The van der Waals surface area contributed by atoms with Crippen molar-refractivity contribution in [3.8, 4) is 0 Å². The smallest absolute Gasteiger partial charge is 0.356 e. The molecule has 0 aliphatic carbocycles. The molecule has 2 aromatic rings. The van der Waals surface area contributed by atoms with Gasteiger partial charge in [-0.2, -0.15) is 0 Å². The van der Waals surface area contributed by atoms with Gasteiger partial charge in [0.15, 0.2) is 0 Å². The van der Waals surface area contributed by atoms with E-state index in [0.717, 1.165) is 5.69 Å². The van der Waals surface area contributed by atoms with Crippen molar-refractivity contribution in [3.05, 3.63) is 54.1 Å². The van der Waals surface area contributed by atoms with Gasteiger partial charge in [-0.15, -0.1) is 0 Å². The molecule has 1 heterocycles. The first-order valence-corrected chi connectivity index (χ1v) is 5.85. The Labute approximate surface area is 110 Å². The summed E-state index contributed by atoms with van der Waals surface area (Å²) in [5.41, 5.74) is 1.71. The largest absolute Gasteiger partial charge is 0.461 e. The molecular formula is C14H13FN2O2. The molecule has 0 aliphatic rings. The zero-order chi connectivity index (χ0) is 13.7. The van der Waals surface area contributed by atoms with E-state index in [-0.39, 0.29) is 11.5 Å². The van der Waals surface area contributed by atoms with Crippen LogP contribution in [-0.2, 0) is 4.74 Å². The number of carbonyl (C=O) groups excluding carboxylic acids is 1. The lowest BCUT2D eigenvalue weighted by Gasteiger charge is -2.06. The summed E-state index contributed by atoms with van der Waals surface area (Å²) in [6.45, 7) is 2.05. The summed E-state index contributed by atoms with van der Waals surface area (Å²) in [6, 6.07) is 9.25. The van der Waals surface area contributed by atoms with Crippen LogP contribution in [0.15, 0.2) is 42.6 Å². The van der Waals surface area contributed by atoms with Crippen LogP contribution >= 0.6 is 0 Å². The molecule has 0 saturated carbocycles. The average molecular weight is 260 g/mol. The summed E-state index contributed by atoms with van der Waals surface area (Å²) in [6.07, 6.45) is 1.52. The normalized spacial score (nSPS) is 10.0. The molecule has 4 nitrogen and oxygen atoms in total. The summed E-state index contributed by atoms with van der Waals surface area (Å²) < 4.78 is 17.6. The molecule has 98 valence electrons. The third-order valence-electron chi connectivity index (χ3n) is 2.38. The van der Waals surface area contributed by atoms with Crippen molar-refractivity contribution in [2.45, 2.75) is 6.92 Å². The fourth-order valence-electron chi connectivity index (χ4n) is 1.49. The van der Waals surface area contributed by atoms with Crippen molar-refractivity contribution < 1.29 is 13.9 Å². The maximum Gasteiger partial charge on any atom is 0.356 e.